The first-order valence-corrected chi connectivity index (χ1v) is 10.1. The van der Waals surface area contributed by atoms with E-state index in [9.17, 15) is 9.59 Å². The van der Waals surface area contributed by atoms with Crippen molar-refractivity contribution in [1.29, 1.82) is 0 Å². The van der Waals surface area contributed by atoms with Gasteiger partial charge in [-0.1, -0.05) is 6.07 Å². The number of furan rings is 1. The summed E-state index contributed by atoms with van der Waals surface area (Å²) in [4.78, 5) is 28.8. The van der Waals surface area contributed by atoms with Crippen molar-refractivity contribution >= 4 is 11.8 Å². The first-order valence-electron chi connectivity index (χ1n) is 10.1. The van der Waals surface area contributed by atoms with Gasteiger partial charge in [0, 0.05) is 37.7 Å². The van der Waals surface area contributed by atoms with E-state index in [2.05, 4.69) is 0 Å². The van der Waals surface area contributed by atoms with Gasteiger partial charge in [-0.3, -0.25) is 9.59 Å². The molecule has 2 aliphatic heterocycles. The minimum atomic E-state index is -0.0621. The summed E-state index contributed by atoms with van der Waals surface area (Å²) in [5, 5.41) is 0. The maximum absolute atomic E-state index is 12.6. The third-order valence-corrected chi connectivity index (χ3v) is 5.50. The van der Waals surface area contributed by atoms with Crippen LogP contribution in [0.25, 0.3) is 0 Å². The van der Waals surface area contributed by atoms with Gasteiger partial charge in [-0.2, -0.15) is 0 Å². The molecule has 2 amide bonds. The van der Waals surface area contributed by atoms with E-state index in [-0.39, 0.29) is 17.7 Å². The Kier molecular flexibility index (Phi) is 5.65. The predicted molar refractivity (Wildman–Crippen MR) is 104 cm³/mol. The maximum atomic E-state index is 12.6. The maximum Gasteiger partial charge on any atom is 0.289 e. The monoisotopic (exact) mass is 382 g/mol. The molecular formula is C22H26N2O4. The number of carbonyl (C=O) groups excluding carboxylic acids is 2. The molecule has 2 saturated heterocycles. The molecule has 4 rings (SSSR count). The van der Waals surface area contributed by atoms with Crippen LogP contribution in [0.5, 0.6) is 5.75 Å². The number of piperidine rings is 1. The highest BCUT2D eigenvalue weighted by Crippen LogP contribution is 2.22. The van der Waals surface area contributed by atoms with Crippen molar-refractivity contribution in [2.45, 2.75) is 25.7 Å². The molecule has 1 aromatic heterocycles. The minimum absolute atomic E-state index is 0.0621. The van der Waals surface area contributed by atoms with Crippen molar-refractivity contribution < 1.29 is 18.7 Å². The molecule has 0 radical (unpaired) electrons. The van der Waals surface area contributed by atoms with Crippen LogP contribution in [0, 0.1) is 5.92 Å². The van der Waals surface area contributed by atoms with Crippen molar-refractivity contribution in [3.63, 3.8) is 0 Å². The average molecular weight is 382 g/mol. The largest absolute Gasteiger partial charge is 0.493 e. The van der Waals surface area contributed by atoms with Gasteiger partial charge >= 0.3 is 0 Å². The zero-order valence-corrected chi connectivity index (χ0v) is 16.0. The molecule has 0 aliphatic carbocycles. The van der Waals surface area contributed by atoms with Crippen LogP contribution in [0.15, 0.2) is 47.1 Å². The van der Waals surface area contributed by atoms with Crippen molar-refractivity contribution in [2.24, 2.45) is 5.92 Å². The van der Waals surface area contributed by atoms with Crippen LogP contribution in [0.3, 0.4) is 0 Å². The molecule has 3 heterocycles. The summed E-state index contributed by atoms with van der Waals surface area (Å²) in [6.07, 6.45) is 5.66. The van der Waals surface area contributed by atoms with Gasteiger partial charge < -0.3 is 19.0 Å². The summed E-state index contributed by atoms with van der Waals surface area (Å²) in [5.74, 6) is 1.38. The third kappa shape index (κ3) is 4.21. The van der Waals surface area contributed by atoms with Crippen molar-refractivity contribution in [2.75, 3.05) is 32.8 Å². The Morgan fingerprint density at radius 3 is 2.61 bits per heavy atom. The molecule has 6 nitrogen and oxygen atoms in total. The second-order valence-electron chi connectivity index (χ2n) is 7.57. The van der Waals surface area contributed by atoms with E-state index in [1.807, 2.05) is 34.1 Å². The lowest BCUT2D eigenvalue weighted by molar-refractivity contribution is 0.0601. The zero-order chi connectivity index (χ0) is 19.3. The summed E-state index contributed by atoms with van der Waals surface area (Å²) >= 11 is 0. The number of benzene rings is 1. The predicted octanol–water partition coefficient (Wildman–Crippen LogP) is 3.45. The van der Waals surface area contributed by atoms with Crippen LogP contribution >= 0.6 is 0 Å². The zero-order valence-electron chi connectivity index (χ0n) is 16.0. The molecule has 6 heteroatoms. The van der Waals surface area contributed by atoms with Gasteiger partial charge in [-0.05, 0) is 56.0 Å². The third-order valence-electron chi connectivity index (χ3n) is 5.50. The van der Waals surface area contributed by atoms with Gasteiger partial charge in [-0.15, -0.1) is 0 Å². The van der Waals surface area contributed by atoms with Crippen molar-refractivity contribution in [1.82, 2.24) is 9.80 Å². The fourth-order valence-electron chi connectivity index (χ4n) is 3.98. The Bertz CT molecular complexity index is 812. The van der Waals surface area contributed by atoms with Crippen LogP contribution in [0.2, 0.25) is 0 Å². The van der Waals surface area contributed by atoms with Crippen LogP contribution in [-0.2, 0) is 0 Å². The van der Waals surface area contributed by atoms with Gasteiger partial charge in [-0.25, -0.2) is 0 Å². The number of carbonyl (C=O) groups is 2. The van der Waals surface area contributed by atoms with Gasteiger partial charge in [0.25, 0.3) is 11.8 Å². The van der Waals surface area contributed by atoms with Gasteiger partial charge in [0.2, 0.25) is 0 Å². The number of nitrogens with zero attached hydrogens (tertiary/aromatic N) is 2. The Morgan fingerprint density at radius 1 is 1.00 bits per heavy atom. The second kappa shape index (κ2) is 8.50. The molecule has 0 spiro atoms. The standard InChI is InChI=1S/C22H26N2O4/c25-21(23-10-1-2-11-23)18-7-3-8-19(14-18)28-16-17-6-4-12-24(15-17)22(26)20-9-5-13-27-20/h3,5,7-9,13-14,17H,1-2,4,6,10-12,15-16H2/t17-/m0/s1. The highest BCUT2D eigenvalue weighted by molar-refractivity contribution is 5.94. The van der Waals surface area contributed by atoms with E-state index in [4.69, 9.17) is 9.15 Å². The molecular weight excluding hydrogens is 356 g/mol. The van der Waals surface area contributed by atoms with Crippen LogP contribution in [0.1, 0.15) is 46.6 Å². The molecule has 28 heavy (non-hydrogen) atoms. The van der Waals surface area contributed by atoms with Crippen LogP contribution < -0.4 is 4.74 Å². The molecule has 0 unspecified atom stereocenters. The Balaban J connectivity index is 1.33. The lowest BCUT2D eigenvalue weighted by Gasteiger charge is -2.32. The number of rotatable bonds is 5. The van der Waals surface area contributed by atoms with Gasteiger partial charge in [0.15, 0.2) is 5.76 Å². The average Bonchev–Trinajstić information content (AvgIpc) is 3.46. The molecule has 0 N–H and O–H groups in total. The summed E-state index contributed by atoms with van der Waals surface area (Å²) in [6, 6.07) is 10.9. The van der Waals surface area contributed by atoms with E-state index in [0.29, 0.717) is 30.2 Å². The first kappa shape index (κ1) is 18.6. The molecule has 148 valence electrons. The van der Waals surface area contributed by atoms with Gasteiger partial charge in [0.1, 0.15) is 5.75 Å². The molecule has 1 aromatic carbocycles. The van der Waals surface area contributed by atoms with E-state index >= 15 is 0 Å². The molecule has 2 aliphatic rings. The lowest BCUT2D eigenvalue weighted by atomic mass is 9.98. The Hall–Kier alpha value is -2.76. The highest BCUT2D eigenvalue weighted by Gasteiger charge is 2.26. The molecule has 0 bridgehead atoms. The van der Waals surface area contributed by atoms with Crippen molar-refractivity contribution in [3.05, 3.63) is 54.0 Å². The van der Waals surface area contributed by atoms with Gasteiger partial charge in [0.05, 0.1) is 12.9 Å². The molecule has 1 atom stereocenters. The Labute approximate surface area is 165 Å². The Morgan fingerprint density at radius 2 is 1.82 bits per heavy atom. The number of amides is 2. The van der Waals surface area contributed by atoms with E-state index in [0.717, 1.165) is 45.3 Å². The minimum Gasteiger partial charge on any atom is -0.493 e. The summed E-state index contributed by atoms with van der Waals surface area (Å²) in [6.45, 7) is 3.61. The smallest absolute Gasteiger partial charge is 0.289 e. The van der Waals surface area contributed by atoms with Crippen LogP contribution in [0.4, 0.5) is 0 Å². The molecule has 0 saturated carbocycles. The van der Waals surface area contributed by atoms with Crippen molar-refractivity contribution in [3.8, 4) is 5.75 Å². The summed E-state index contributed by atoms with van der Waals surface area (Å²) in [7, 11) is 0. The number of ether oxygens (including phenoxy) is 1. The molecule has 2 aromatic rings. The lowest BCUT2D eigenvalue weighted by Crippen LogP contribution is -2.41. The van der Waals surface area contributed by atoms with E-state index < -0.39 is 0 Å². The highest BCUT2D eigenvalue weighted by atomic mass is 16.5. The topological polar surface area (TPSA) is 63.0 Å². The fourth-order valence-corrected chi connectivity index (χ4v) is 3.98. The summed E-state index contributed by atoms with van der Waals surface area (Å²) < 4.78 is 11.2. The number of hydrogen-bond acceptors (Lipinski definition) is 4. The number of likely N-dealkylation sites (tertiary alicyclic amines) is 2. The molecule has 2 fully saturated rings. The van der Waals surface area contributed by atoms with Crippen LogP contribution in [-0.4, -0.2) is 54.4 Å². The normalized spacial score (nSPS) is 19.6. The second-order valence-corrected chi connectivity index (χ2v) is 7.57. The van der Waals surface area contributed by atoms with E-state index in [1.54, 1.807) is 12.1 Å². The van der Waals surface area contributed by atoms with E-state index in [1.165, 1.54) is 6.26 Å². The fraction of sp³-hybridized carbons (Fsp3) is 0.455. The first-order chi connectivity index (χ1) is 13.7. The summed E-state index contributed by atoms with van der Waals surface area (Å²) in [5.41, 5.74) is 0.678. The SMILES string of the molecule is O=C(c1cccc(OC[C@H]2CCCN(C(=O)c3ccco3)C2)c1)N1CCCC1. The quantitative estimate of drug-likeness (QED) is 0.795. The number of hydrogen-bond donors (Lipinski definition) is 0.